The van der Waals surface area contributed by atoms with Crippen molar-refractivity contribution in [2.45, 2.75) is 46.1 Å². The fourth-order valence-electron chi connectivity index (χ4n) is 3.55. The maximum absolute atomic E-state index is 12.9. The summed E-state index contributed by atoms with van der Waals surface area (Å²) in [5.41, 5.74) is 4.01. The number of hydrogen-bond donors (Lipinski definition) is 2. The summed E-state index contributed by atoms with van der Waals surface area (Å²) in [5, 5.41) is 1.35. The van der Waals surface area contributed by atoms with Gasteiger partial charge in [0.2, 0.25) is 0 Å². The van der Waals surface area contributed by atoms with Crippen molar-refractivity contribution in [2.24, 2.45) is 0 Å². The molecule has 0 saturated carbocycles. The Morgan fingerprint density at radius 2 is 1.82 bits per heavy atom. The molecule has 4 heteroatoms. The molecule has 0 spiro atoms. The number of benzene rings is 1. The molecule has 0 radical (unpaired) electrons. The first-order valence-corrected chi connectivity index (χ1v) is 8.59. The zero-order valence-electron chi connectivity index (χ0n) is 13.4. The summed E-state index contributed by atoms with van der Waals surface area (Å²) in [5.74, 6) is 0. The molecule has 0 amide bonds. The van der Waals surface area contributed by atoms with Crippen LogP contribution >= 0.6 is 11.6 Å². The number of aryl methyl sites for hydroxylation is 2. The van der Waals surface area contributed by atoms with Gasteiger partial charge in [-0.1, -0.05) is 11.6 Å². The molecule has 1 aliphatic heterocycles. The molecule has 0 aliphatic carbocycles. The van der Waals surface area contributed by atoms with E-state index in [0.717, 1.165) is 34.3 Å². The summed E-state index contributed by atoms with van der Waals surface area (Å²) in [4.78, 5) is 17.9. The maximum atomic E-state index is 12.9. The fraction of sp³-hybridized carbons (Fsp3) is 0.500. The summed E-state index contributed by atoms with van der Waals surface area (Å²) in [7, 11) is 0. The van der Waals surface area contributed by atoms with Crippen LogP contribution in [-0.2, 0) is 6.54 Å². The van der Waals surface area contributed by atoms with Gasteiger partial charge in [-0.2, -0.15) is 0 Å². The quantitative estimate of drug-likeness (QED) is 0.877. The molecule has 1 saturated heterocycles. The predicted molar refractivity (Wildman–Crippen MR) is 91.9 cm³/mol. The predicted octanol–water partition coefficient (Wildman–Crippen LogP) is 2.76. The minimum absolute atomic E-state index is 0.147. The average molecular weight is 320 g/mol. The third-order valence-electron chi connectivity index (χ3n) is 4.82. The molecule has 118 valence electrons. The van der Waals surface area contributed by atoms with Gasteiger partial charge >= 0.3 is 0 Å². The van der Waals surface area contributed by atoms with E-state index in [2.05, 4.69) is 4.98 Å². The molecule has 0 unspecified atom stereocenters. The second-order valence-electron chi connectivity index (χ2n) is 6.54. The van der Waals surface area contributed by atoms with Crippen molar-refractivity contribution in [3.05, 3.63) is 44.2 Å². The third-order valence-corrected chi connectivity index (χ3v) is 5.04. The number of hydrogen-bond acceptors (Lipinski definition) is 1. The normalized spacial score (nSPS) is 16.9. The van der Waals surface area contributed by atoms with E-state index >= 15 is 0 Å². The van der Waals surface area contributed by atoms with Crippen LogP contribution in [0.15, 0.2) is 16.9 Å². The van der Waals surface area contributed by atoms with Gasteiger partial charge < -0.3 is 9.88 Å². The summed E-state index contributed by atoms with van der Waals surface area (Å²) >= 11 is 6.14. The molecule has 0 atom stereocenters. The van der Waals surface area contributed by atoms with Crippen molar-refractivity contribution in [1.82, 2.24) is 4.98 Å². The highest BCUT2D eigenvalue weighted by atomic mass is 35.5. The summed E-state index contributed by atoms with van der Waals surface area (Å²) < 4.78 is 0. The molecule has 22 heavy (non-hydrogen) atoms. The lowest BCUT2D eigenvalue weighted by Crippen LogP contribution is -3.10. The minimum Gasteiger partial charge on any atom is -0.358 e. The Morgan fingerprint density at radius 3 is 2.50 bits per heavy atom. The molecule has 3 rings (SSSR count). The summed E-state index contributed by atoms with van der Waals surface area (Å²) in [6, 6.07) is 3.70. The van der Waals surface area contributed by atoms with Gasteiger partial charge in [-0.05, 0) is 57.2 Å². The first-order valence-electron chi connectivity index (χ1n) is 8.21. The number of pyridine rings is 1. The smallest absolute Gasteiger partial charge is 0.198 e. The zero-order valence-corrected chi connectivity index (χ0v) is 14.1. The van der Waals surface area contributed by atoms with Gasteiger partial charge in [-0.15, -0.1) is 0 Å². The second kappa shape index (κ2) is 6.43. The first kappa shape index (κ1) is 15.6. The van der Waals surface area contributed by atoms with E-state index in [9.17, 15) is 4.79 Å². The monoisotopic (exact) mass is 319 g/mol. The molecule has 2 N–H and O–H groups in total. The number of aromatic nitrogens is 1. The van der Waals surface area contributed by atoms with Gasteiger partial charge in [0.1, 0.15) is 6.54 Å². The summed E-state index contributed by atoms with van der Waals surface area (Å²) in [6.45, 7) is 7.17. The number of likely N-dealkylation sites (tertiary alicyclic amines) is 1. The van der Waals surface area contributed by atoms with Gasteiger partial charge in [0.05, 0.1) is 24.2 Å². The lowest BCUT2D eigenvalue weighted by atomic mass is 10.1. The molecule has 1 fully saturated rings. The fourth-order valence-corrected chi connectivity index (χ4v) is 3.82. The Morgan fingerprint density at radius 1 is 1.14 bits per heavy atom. The number of quaternary nitrogens is 1. The Kier molecular flexibility index (Phi) is 4.55. The van der Waals surface area contributed by atoms with Crippen LogP contribution in [0.4, 0.5) is 0 Å². The third kappa shape index (κ3) is 3.06. The topological polar surface area (TPSA) is 37.3 Å². The van der Waals surface area contributed by atoms with E-state index in [1.807, 2.05) is 19.9 Å². The van der Waals surface area contributed by atoms with Gasteiger partial charge in [0.25, 0.3) is 0 Å². The van der Waals surface area contributed by atoms with Crippen LogP contribution in [0.2, 0.25) is 5.02 Å². The lowest BCUT2D eigenvalue weighted by molar-refractivity contribution is -0.913. The standard InChI is InChI=1S/C18H23ClN2O/c1-12-9-14(19)10-15-17(12)20-13(2)16(18(15)22)11-21-7-5-3-4-6-8-21/h9-10H,3-8,11H2,1-2H3,(H,20,22)/p+1. The number of aromatic amines is 1. The molecular formula is C18H24ClN2O+. The van der Waals surface area contributed by atoms with Crippen LogP contribution < -0.4 is 10.3 Å². The number of rotatable bonds is 2. The van der Waals surface area contributed by atoms with Crippen molar-refractivity contribution < 1.29 is 4.90 Å². The molecule has 3 nitrogen and oxygen atoms in total. The van der Waals surface area contributed by atoms with Crippen LogP contribution in [0.5, 0.6) is 0 Å². The van der Waals surface area contributed by atoms with E-state index in [4.69, 9.17) is 11.6 Å². The SMILES string of the molecule is Cc1[nH]c2c(C)cc(Cl)cc2c(=O)c1C[NH+]1CCCCCC1. The van der Waals surface area contributed by atoms with Crippen LogP contribution in [-0.4, -0.2) is 18.1 Å². The lowest BCUT2D eigenvalue weighted by Gasteiger charge is -2.18. The molecular weight excluding hydrogens is 296 g/mol. The van der Waals surface area contributed by atoms with Crippen LogP contribution in [0.1, 0.15) is 42.5 Å². The average Bonchev–Trinajstić information content (AvgIpc) is 2.73. The van der Waals surface area contributed by atoms with Crippen LogP contribution in [0.25, 0.3) is 10.9 Å². The number of H-pyrrole nitrogens is 1. The molecule has 2 aromatic rings. The van der Waals surface area contributed by atoms with Crippen molar-refractivity contribution in [3.8, 4) is 0 Å². The number of nitrogens with one attached hydrogen (secondary N) is 2. The van der Waals surface area contributed by atoms with Crippen LogP contribution in [0, 0.1) is 13.8 Å². The Hall–Kier alpha value is -1.32. The summed E-state index contributed by atoms with van der Waals surface area (Å²) in [6.07, 6.45) is 5.19. The van der Waals surface area contributed by atoms with Crippen molar-refractivity contribution >= 4 is 22.5 Å². The minimum atomic E-state index is 0.147. The van der Waals surface area contributed by atoms with E-state index in [1.54, 1.807) is 6.07 Å². The van der Waals surface area contributed by atoms with E-state index in [0.29, 0.717) is 5.02 Å². The highest BCUT2D eigenvalue weighted by Gasteiger charge is 2.18. The highest BCUT2D eigenvalue weighted by molar-refractivity contribution is 6.31. The second-order valence-corrected chi connectivity index (χ2v) is 6.98. The molecule has 1 aromatic heterocycles. The van der Waals surface area contributed by atoms with E-state index in [1.165, 1.54) is 43.7 Å². The maximum Gasteiger partial charge on any atom is 0.198 e. The molecule has 2 heterocycles. The molecule has 0 bridgehead atoms. The number of halogens is 1. The Bertz CT molecular complexity index is 743. The van der Waals surface area contributed by atoms with E-state index in [-0.39, 0.29) is 5.43 Å². The largest absolute Gasteiger partial charge is 0.358 e. The van der Waals surface area contributed by atoms with Crippen molar-refractivity contribution in [2.75, 3.05) is 13.1 Å². The van der Waals surface area contributed by atoms with Gasteiger partial charge in [0.15, 0.2) is 5.43 Å². The van der Waals surface area contributed by atoms with Gasteiger partial charge in [0, 0.05) is 16.1 Å². The first-order chi connectivity index (χ1) is 10.6. The molecule has 1 aromatic carbocycles. The number of fused-ring (bicyclic) bond motifs is 1. The van der Waals surface area contributed by atoms with Crippen molar-refractivity contribution in [1.29, 1.82) is 0 Å². The van der Waals surface area contributed by atoms with Crippen LogP contribution in [0.3, 0.4) is 0 Å². The molecule has 1 aliphatic rings. The van der Waals surface area contributed by atoms with Crippen molar-refractivity contribution in [3.63, 3.8) is 0 Å². The zero-order chi connectivity index (χ0) is 15.7. The van der Waals surface area contributed by atoms with E-state index < -0.39 is 0 Å². The van der Waals surface area contributed by atoms with Gasteiger partial charge in [-0.3, -0.25) is 4.79 Å². The Balaban J connectivity index is 2.04. The van der Waals surface area contributed by atoms with Gasteiger partial charge in [-0.25, -0.2) is 0 Å². The Labute approximate surface area is 136 Å². The highest BCUT2D eigenvalue weighted by Crippen LogP contribution is 2.21.